The molecule has 4 nitrogen and oxygen atoms in total. The Kier molecular flexibility index (Phi) is 4.06. The van der Waals surface area contributed by atoms with Crippen molar-refractivity contribution in [3.8, 4) is 5.75 Å². The van der Waals surface area contributed by atoms with Crippen molar-refractivity contribution in [1.82, 2.24) is 10.6 Å². The van der Waals surface area contributed by atoms with Crippen LogP contribution in [0.5, 0.6) is 5.75 Å². The van der Waals surface area contributed by atoms with Gasteiger partial charge in [0.05, 0.1) is 0 Å². The summed E-state index contributed by atoms with van der Waals surface area (Å²) in [5, 5.41) is 6.01. The highest BCUT2D eigenvalue weighted by atomic mass is 19.4. The summed E-state index contributed by atoms with van der Waals surface area (Å²) in [5.74, 6) is 0.485. The van der Waals surface area contributed by atoms with Gasteiger partial charge in [-0.15, -0.1) is 13.2 Å². The molecule has 0 heterocycles. The van der Waals surface area contributed by atoms with Gasteiger partial charge in [0.1, 0.15) is 5.75 Å². The molecule has 1 saturated carbocycles. The highest BCUT2D eigenvalue weighted by Gasteiger charge is 2.42. The Labute approximate surface area is 115 Å². The molecule has 2 atom stereocenters. The first-order chi connectivity index (χ1) is 9.44. The van der Waals surface area contributed by atoms with Crippen molar-refractivity contribution in [2.24, 2.45) is 4.99 Å². The molecule has 2 unspecified atom stereocenters. The molecule has 0 bridgehead atoms. The van der Waals surface area contributed by atoms with Crippen molar-refractivity contribution < 1.29 is 17.9 Å². The maximum absolute atomic E-state index is 12.4. The summed E-state index contributed by atoms with van der Waals surface area (Å²) in [5.41, 5.74) is 0.564. The normalized spacial score (nSPS) is 22.4. The van der Waals surface area contributed by atoms with Crippen LogP contribution in [-0.4, -0.2) is 32.5 Å². The molecule has 1 aromatic carbocycles. The molecule has 0 amide bonds. The Morgan fingerprint density at radius 3 is 2.65 bits per heavy atom. The number of benzene rings is 1. The first kappa shape index (κ1) is 14.5. The average Bonchev–Trinajstić information content (AvgIpc) is 3.14. The van der Waals surface area contributed by atoms with Crippen LogP contribution in [0.2, 0.25) is 0 Å². The van der Waals surface area contributed by atoms with Crippen molar-refractivity contribution in [2.75, 3.05) is 14.1 Å². The maximum Gasteiger partial charge on any atom is 0.573 e. The van der Waals surface area contributed by atoms with Gasteiger partial charge in [-0.2, -0.15) is 0 Å². The van der Waals surface area contributed by atoms with Crippen LogP contribution in [0.4, 0.5) is 13.2 Å². The molecule has 0 radical (unpaired) electrons. The minimum absolute atomic E-state index is 0.00125. The Hall–Kier alpha value is -1.92. The molecular formula is C13H16F3N3O. The molecule has 0 aromatic heterocycles. The molecular weight excluding hydrogens is 271 g/mol. The summed E-state index contributed by atoms with van der Waals surface area (Å²) in [6.45, 7) is 0. The largest absolute Gasteiger partial charge is 0.573 e. The number of hydrogen-bond acceptors (Lipinski definition) is 2. The second kappa shape index (κ2) is 5.60. The summed E-state index contributed by atoms with van der Waals surface area (Å²) in [6.07, 6.45) is -3.92. The van der Waals surface area contributed by atoms with E-state index in [9.17, 15) is 13.2 Å². The Bertz CT molecular complexity index is 502. The van der Waals surface area contributed by atoms with Gasteiger partial charge in [0.25, 0.3) is 0 Å². The van der Waals surface area contributed by atoms with E-state index in [2.05, 4.69) is 20.4 Å². The number of para-hydroxylation sites is 1. The number of nitrogens with zero attached hydrogens (tertiary/aromatic N) is 1. The number of ether oxygens (including phenoxy) is 1. The topological polar surface area (TPSA) is 45.7 Å². The van der Waals surface area contributed by atoms with Gasteiger partial charge in [-0.3, -0.25) is 4.99 Å². The fourth-order valence-electron chi connectivity index (χ4n) is 2.13. The average molecular weight is 287 g/mol. The van der Waals surface area contributed by atoms with Gasteiger partial charge in [0.2, 0.25) is 0 Å². The van der Waals surface area contributed by atoms with Crippen LogP contribution in [0.3, 0.4) is 0 Å². The van der Waals surface area contributed by atoms with Crippen molar-refractivity contribution >= 4 is 5.96 Å². The van der Waals surface area contributed by atoms with E-state index in [1.54, 1.807) is 26.2 Å². The molecule has 0 spiro atoms. The van der Waals surface area contributed by atoms with E-state index in [4.69, 9.17) is 0 Å². The summed E-state index contributed by atoms with van der Waals surface area (Å²) in [7, 11) is 3.37. The van der Waals surface area contributed by atoms with E-state index in [1.807, 2.05) is 0 Å². The lowest BCUT2D eigenvalue weighted by Gasteiger charge is -2.13. The second-order valence-corrected chi connectivity index (χ2v) is 4.50. The van der Waals surface area contributed by atoms with E-state index in [0.29, 0.717) is 11.5 Å². The molecule has 20 heavy (non-hydrogen) atoms. The van der Waals surface area contributed by atoms with Gasteiger partial charge >= 0.3 is 6.36 Å². The summed E-state index contributed by atoms with van der Waals surface area (Å²) in [4.78, 5) is 3.98. The second-order valence-electron chi connectivity index (χ2n) is 4.50. The number of hydrogen-bond donors (Lipinski definition) is 2. The zero-order valence-corrected chi connectivity index (χ0v) is 11.2. The summed E-state index contributed by atoms with van der Waals surface area (Å²) in [6, 6.07) is 6.31. The van der Waals surface area contributed by atoms with Crippen LogP contribution in [0.25, 0.3) is 0 Å². The number of nitrogens with one attached hydrogen (secondary N) is 2. The third-order valence-corrected chi connectivity index (χ3v) is 3.12. The van der Waals surface area contributed by atoms with Crippen molar-refractivity contribution in [2.45, 2.75) is 24.7 Å². The van der Waals surface area contributed by atoms with Gasteiger partial charge in [-0.05, 0) is 18.1 Å². The van der Waals surface area contributed by atoms with Crippen LogP contribution < -0.4 is 15.4 Å². The minimum Gasteiger partial charge on any atom is -0.405 e. The molecule has 0 aliphatic heterocycles. The van der Waals surface area contributed by atoms with E-state index in [0.717, 1.165) is 6.42 Å². The first-order valence-electron chi connectivity index (χ1n) is 6.20. The van der Waals surface area contributed by atoms with Crippen LogP contribution >= 0.6 is 0 Å². The monoisotopic (exact) mass is 287 g/mol. The molecule has 2 rings (SSSR count). The number of guanidine groups is 1. The molecule has 1 fully saturated rings. The number of alkyl halides is 3. The maximum atomic E-state index is 12.4. The van der Waals surface area contributed by atoms with E-state index in [1.165, 1.54) is 12.1 Å². The lowest BCUT2D eigenvalue weighted by molar-refractivity contribution is -0.274. The molecule has 7 heteroatoms. The Morgan fingerprint density at radius 1 is 1.35 bits per heavy atom. The zero-order valence-electron chi connectivity index (χ0n) is 11.2. The van der Waals surface area contributed by atoms with Gasteiger partial charge in [-0.25, -0.2) is 0 Å². The summed E-state index contributed by atoms with van der Waals surface area (Å²) >= 11 is 0. The Morgan fingerprint density at radius 2 is 2.05 bits per heavy atom. The molecule has 2 N–H and O–H groups in total. The van der Waals surface area contributed by atoms with E-state index < -0.39 is 6.36 Å². The number of rotatable bonds is 3. The van der Waals surface area contributed by atoms with Crippen LogP contribution in [-0.2, 0) is 0 Å². The number of halogens is 3. The molecule has 110 valence electrons. The van der Waals surface area contributed by atoms with Gasteiger partial charge in [0.15, 0.2) is 5.96 Å². The zero-order chi connectivity index (χ0) is 14.8. The smallest absolute Gasteiger partial charge is 0.405 e. The highest BCUT2D eigenvalue weighted by molar-refractivity contribution is 5.80. The molecule has 0 saturated heterocycles. The SMILES string of the molecule is CN=C(NC)NC1CC1c1ccccc1OC(F)(F)F. The third-order valence-electron chi connectivity index (χ3n) is 3.12. The van der Waals surface area contributed by atoms with Crippen LogP contribution in [0.1, 0.15) is 17.9 Å². The van der Waals surface area contributed by atoms with Crippen molar-refractivity contribution in [1.29, 1.82) is 0 Å². The minimum atomic E-state index is -4.67. The lowest BCUT2D eigenvalue weighted by Crippen LogP contribution is -2.36. The highest BCUT2D eigenvalue weighted by Crippen LogP contribution is 2.45. The van der Waals surface area contributed by atoms with Gasteiger partial charge < -0.3 is 15.4 Å². The van der Waals surface area contributed by atoms with Crippen molar-refractivity contribution in [3.63, 3.8) is 0 Å². The fraction of sp³-hybridized carbons (Fsp3) is 0.462. The molecule has 1 aliphatic rings. The van der Waals surface area contributed by atoms with E-state index in [-0.39, 0.29) is 17.7 Å². The fourth-order valence-corrected chi connectivity index (χ4v) is 2.13. The van der Waals surface area contributed by atoms with Gasteiger partial charge in [-0.1, -0.05) is 18.2 Å². The first-order valence-corrected chi connectivity index (χ1v) is 6.20. The molecule has 1 aliphatic carbocycles. The summed E-state index contributed by atoms with van der Waals surface area (Å²) < 4.78 is 41.1. The van der Waals surface area contributed by atoms with E-state index >= 15 is 0 Å². The van der Waals surface area contributed by atoms with Crippen molar-refractivity contribution in [3.05, 3.63) is 29.8 Å². The van der Waals surface area contributed by atoms with Gasteiger partial charge in [0, 0.05) is 26.1 Å². The third kappa shape index (κ3) is 3.55. The van der Waals surface area contributed by atoms with Crippen LogP contribution in [0, 0.1) is 0 Å². The standard InChI is InChI=1S/C13H16F3N3O/c1-17-12(18-2)19-10-7-9(10)8-5-3-4-6-11(8)20-13(14,15)16/h3-6,9-10H,7H2,1-2H3,(H2,17,18,19). The quantitative estimate of drug-likeness (QED) is 0.662. The predicted molar refractivity (Wildman–Crippen MR) is 69.8 cm³/mol. The predicted octanol–water partition coefficient (Wildman–Crippen LogP) is 2.24. The lowest BCUT2D eigenvalue weighted by atomic mass is 10.1. The van der Waals surface area contributed by atoms with Crippen LogP contribution in [0.15, 0.2) is 29.3 Å². The molecule has 1 aromatic rings. The number of aliphatic imine (C=N–C) groups is 1. The Balaban J connectivity index is 2.08.